The van der Waals surface area contributed by atoms with Gasteiger partial charge in [-0.25, -0.2) is 4.79 Å². The van der Waals surface area contributed by atoms with Crippen molar-refractivity contribution in [3.8, 4) is 0 Å². The quantitative estimate of drug-likeness (QED) is 0.659. The Hall–Kier alpha value is -1.26. The molecule has 3 N–H and O–H groups in total. The van der Waals surface area contributed by atoms with Crippen molar-refractivity contribution in [1.29, 1.82) is 0 Å². The van der Waals surface area contributed by atoms with Gasteiger partial charge in [-0.15, -0.1) is 0 Å². The summed E-state index contributed by atoms with van der Waals surface area (Å²) in [6.07, 6.45) is 2.33. The van der Waals surface area contributed by atoms with Crippen molar-refractivity contribution in [3.05, 3.63) is 0 Å². The predicted molar refractivity (Wildman–Crippen MR) is 64.7 cm³/mol. The maximum Gasteiger partial charge on any atom is 0.314 e. The summed E-state index contributed by atoms with van der Waals surface area (Å²) in [4.78, 5) is 22.0. The summed E-state index contributed by atoms with van der Waals surface area (Å²) in [5.41, 5.74) is 0.274. The molecule has 98 valence electrons. The molecule has 0 heterocycles. The highest BCUT2D eigenvalue weighted by Crippen LogP contribution is 2.51. The fraction of sp³-hybridized carbons (Fsp3) is 0.833. The molecule has 0 spiro atoms. The van der Waals surface area contributed by atoms with Gasteiger partial charge in [-0.2, -0.15) is 0 Å². The number of hydrogen-bond acceptors (Lipinski definition) is 2. The smallest absolute Gasteiger partial charge is 0.314 e. The van der Waals surface area contributed by atoms with E-state index in [9.17, 15) is 9.59 Å². The molecule has 0 aromatic carbocycles. The first-order valence-electron chi connectivity index (χ1n) is 6.12. The lowest BCUT2D eigenvalue weighted by atomic mass is 9.92. The van der Waals surface area contributed by atoms with Gasteiger partial charge in [-0.05, 0) is 24.2 Å². The minimum Gasteiger partial charge on any atom is -0.481 e. The third kappa shape index (κ3) is 3.91. The van der Waals surface area contributed by atoms with Gasteiger partial charge in [0.2, 0.25) is 0 Å². The number of rotatable bonds is 6. The number of carbonyl (C=O) groups excluding carboxylic acids is 1. The lowest BCUT2D eigenvalue weighted by molar-refractivity contribution is -0.140. The predicted octanol–water partition coefficient (Wildman–Crippen LogP) is 1.44. The van der Waals surface area contributed by atoms with Gasteiger partial charge in [0.15, 0.2) is 0 Å². The third-order valence-electron chi connectivity index (χ3n) is 3.71. The Morgan fingerprint density at radius 2 is 1.82 bits per heavy atom. The number of aliphatic carboxylic acids is 1. The van der Waals surface area contributed by atoms with Gasteiger partial charge in [0.25, 0.3) is 0 Å². The number of hydrogen-bond donors (Lipinski definition) is 3. The SMILES string of the molecule is CC(CNC(=O)NCC1(C(C)C)CC1)C(=O)O. The van der Waals surface area contributed by atoms with Crippen LogP contribution in [-0.2, 0) is 4.79 Å². The molecule has 2 amide bonds. The van der Waals surface area contributed by atoms with E-state index in [1.54, 1.807) is 6.92 Å². The lowest BCUT2D eigenvalue weighted by Crippen LogP contribution is -2.42. The van der Waals surface area contributed by atoms with E-state index in [0.717, 1.165) is 12.8 Å². The van der Waals surface area contributed by atoms with E-state index in [4.69, 9.17) is 5.11 Å². The zero-order valence-electron chi connectivity index (χ0n) is 10.7. The van der Waals surface area contributed by atoms with Crippen molar-refractivity contribution in [2.24, 2.45) is 17.3 Å². The van der Waals surface area contributed by atoms with Gasteiger partial charge in [-0.3, -0.25) is 4.79 Å². The summed E-state index contributed by atoms with van der Waals surface area (Å²) < 4.78 is 0. The molecule has 5 nitrogen and oxygen atoms in total. The molecule has 5 heteroatoms. The zero-order valence-corrected chi connectivity index (χ0v) is 10.7. The van der Waals surface area contributed by atoms with Crippen LogP contribution in [0.4, 0.5) is 4.79 Å². The second kappa shape index (κ2) is 5.38. The van der Waals surface area contributed by atoms with E-state index in [-0.39, 0.29) is 18.0 Å². The van der Waals surface area contributed by atoms with Gasteiger partial charge in [0.1, 0.15) is 0 Å². The van der Waals surface area contributed by atoms with Crippen LogP contribution in [0, 0.1) is 17.3 Å². The van der Waals surface area contributed by atoms with Crippen molar-refractivity contribution in [2.45, 2.75) is 33.6 Å². The molecule has 0 radical (unpaired) electrons. The summed E-state index contributed by atoms with van der Waals surface area (Å²) in [6.45, 7) is 6.74. The van der Waals surface area contributed by atoms with Crippen LogP contribution in [0.15, 0.2) is 0 Å². The van der Waals surface area contributed by atoms with E-state index in [1.165, 1.54) is 0 Å². The third-order valence-corrected chi connectivity index (χ3v) is 3.71. The van der Waals surface area contributed by atoms with Crippen molar-refractivity contribution < 1.29 is 14.7 Å². The average Bonchev–Trinajstić information content (AvgIpc) is 3.03. The first-order valence-corrected chi connectivity index (χ1v) is 6.12. The first kappa shape index (κ1) is 13.8. The summed E-state index contributed by atoms with van der Waals surface area (Å²) >= 11 is 0. The molecule has 0 bridgehead atoms. The summed E-state index contributed by atoms with van der Waals surface area (Å²) in [5, 5.41) is 14.1. The number of urea groups is 1. The fourth-order valence-corrected chi connectivity index (χ4v) is 1.77. The highest BCUT2D eigenvalue weighted by molar-refractivity contribution is 5.75. The molecule has 1 aliphatic carbocycles. The zero-order chi connectivity index (χ0) is 13.1. The maximum atomic E-state index is 11.5. The van der Waals surface area contributed by atoms with E-state index < -0.39 is 11.9 Å². The summed E-state index contributed by atoms with van der Waals surface area (Å²) in [6, 6.07) is -0.273. The maximum absolute atomic E-state index is 11.5. The number of carbonyl (C=O) groups is 2. The van der Waals surface area contributed by atoms with Crippen LogP contribution in [0.3, 0.4) is 0 Å². The van der Waals surface area contributed by atoms with Gasteiger partial charge < -0.3 is 15.7 Å². The molecule has 1 rings (SSSR count). The Morgan fingerprint density at radius 1 is 1.24 bits per heavy atom. The molecule has 0 aliphatic heterocycles. The van der Waals surface area contributed by atoms with Crippen LogP contribution in [0.2, 0.25) is 0 Å². The van der Waals surface area contributed by atoms with Crippen LogP contribution < -0.4 is 10.6 Å². The molecule has 1 saturated carbocycles. The van der Waals surface area contributed by atoms with Crippen molar-refractivity contribution in [2.75, 3.05) is 13.1 Å². The fourth-order valence-electron chi connectivity index (χ4n) is 1.77. The molecule has 1 fully saturated rings. The summed E-state index contributed by atoms with van der Waals surface area (Å²) in [5.74, 6) is -0.882. The molecular formula is C12H22N2O3. The van der Waals surface area contributed by atoms with Gasteiger partial charge in [0.05, 0.1) is 5.92 Å². The Morgan fingerprint density at radius 3 is 2.24 bits per heavy atom. The number of nitrogens with one attached hydrogen (secondary N) is 2. The van der Waals surface area contributed by atoms with Crippen molar-refractivity contribution in [3.63, 3.8) is 0 Å². The minimum absolute atomic E-state index is 0.163. The highest BCUT2D eigenvalue weighted by Gasteiger charge is 2.45. The molecule has 0 aromatic heterocycles. The molecule has 1 aliphatic rings. The number of carboxylic acid groups (broad SMARTS) is 1. The van der Waals surface area contributed by atoms with E-state index in [1.807, 2.05) is 0 Å². The standard InChI is InChI=1S/C12H22N2O3/c1-8(2)12(4-5-12)7-14-11(17)13-6-9(3)10(15)16/h8-9H,4-7H2,1-3H3,(H,15,16)(H2,13,14,17). The molecule has 1 atom stereocenters. The van der Waals surface area contributed by atoms with Gasteiger partial charge >= 0.3 is 12.0 Å². The van der Waals surface area contributed by atoms with Crippen molar-refractivity contribution >= 4 is 12.0 Å². The Bertz CT molecular complexity index is 298. The molecule has 17 heavy (non-hydrogen) atoms. The van der Waals surface area contributed by atoms with Crippen LogP contribution in [-0.4, -0.2) is 30.2 Å². The largest absolute Gasteiger partial charge is 0.481 e. The van der Waals surface area contributed by atoms with E-state index >= 15 is 0 Å². The van der Waals surface area contributed by atoms with Crippen LogP contribution in [0.1, 0.15) is 33.6 Å². The highest BCUT2D eigenvalue weighted by atomic mass is 16.4. The van der Waals surface area contributed by atoms with Crippen LogP contribution in [0.5, 0.6) is 0 Å². The molecule has 0 saturated heterocycles. The van der Waals surface area contributed by atoms with E-state index in [2.05, 4.69) is 24.5 Å². The lowest BCUT2D eigenvalue weighted by Gasteiger charge is -2.20. The van der Waals surface area contributed by atoms with Crippen LogP contribution >= 0.6 is 0 Å². The molecule has 1 unspecified atom stereocenters. The van der Waals surface area contributed by atoms with Crippen molar-refractivity contribution in [1.82, 2.24) is 10.6 Å². The van der Waals surface area contributed by atoms with Gasteiger partial charge in [-0.1, -0.05) is 20.8 Å². The monoisotopic (exact) mass is 242 g/mol. The molecular weight excluding hydrogens is 220 g/mol. The number of carboxylic acids is 1. The average molecular weight is 242 g/mol. The summed E-state index contributed by atoms with van der Waals surface area (Å²) in [7, 11) is 0. The van der Waals surface area contributed by atoms with Crippen LogP contribution in [0.25, 0.3) is 0 Å². The second-order valence-corrected chi connectivity index (χ2v) is 5.32. The molecule has 0 aromatic rings. The Labute approximate surface area is 102 Å². The van der Waals surface area contributed by atoms with Gasteiger partial charge in [0, 0.05) is 13.1 Å². The minimum atomic E-state index is -0.897. The Kier molecular flexibility index (Phi) is 4.37. The first-order chi connectivity index (χ1) is 7.87. The number of amides is 2. The topological polar surface area (TPSA) is 78.4 Å². The second-order valence-electron chi connectivity index (χ2n) is 5.32. The normalized spacial score (nSPS) is 18.6. The van der Waals surface area contributed by atoms with E-state index in [0.29, 0.717) is 12.5 Å². The Balaban J connectivity index is 2.20.